The van der Waals surface area contributed by atoms with E-state index in [1.807, 2.05) is 42.2 Å². The molecule has 3 aromatic carbocycles. The van der Waals surface area contributed by atoms with Gasteiger partial charge in [-0.3, -0.25) is 9.62 Å². The minimum absolute atomic E-state index is 0.183. The van der Waals surface area contributed by atoms with Gasteiger partial charge in [0, 0.05) is 23.6 Å². The number of benzene rings is 3. The molecule has 0 unspecified atom stereocenters. The predicted molar refractivity (Wildman–Crippen MR) is 125 cm³/mol. The van der Waals surface area contributed by atoms with E-state index in [1.165, 1.54) is 6.33 Å². The second-order valence-corrected chi connectivity index (χ2v) is 9.09. The number of fused-ring (bicyclic) bond motifs is 1. The van der Waals surface area contributed by atoms with Crippen LogP contribution in [0.1, 0.15) is 5.56 Å². The number of nitrogens with one attached hydrogen (secondary N) is 1. The Bertz CT molecular complexity index is 1380. The first-order valence-corrected chi connectivity index (χ1v) is 11.6. The van der Waals surface area contributed by atoms with Crippen LogP contribution in [0.2, 0.25) is 0 Å². The number of sulfonamides is 1. The molecule has 0 fully saturated rings. The summed E-state index contributed by atoms with van der Waals surface area (Å²) in [5.41, 5.74) is 3.04. The van der Waals surface area contributed by atoms with E-state index in [1.54, 1.807) is 48.7 Å². The Hall–Kier alpha value is -4.11. The first-order chi connectivity index (χ1) is 16.0. The zero-order valence-corrected chi connectivity index (χ0v) is 18.5. The number of aryl methyl sites for hydroxylation is 1. The summed E-state index contributed by atoms with van der Waals surface area (Å²) in [6, 6.07) is 21.2. The van der Waals surface area contributed by atoms with E-state index < -0.39 is 10.0 Å². The van der Waals surface area contributed by atoms with Crippen molar-refractivity contribution in [2.45, 2.75) is 11.8 Å². The Morgan fingerprint density at radius 1 is 0.879 bits per heavy atom. The van der Waals surface area contributed by atoms with Crippen LogP contribution < -0.4 is 19.1 Å². The van der Waals surface area contributed by atoms with Gasteiger partial charge in [-0.2, -0.15) is 0 Å². The molecule has 0 saturated heterocycles. The third kappa shape index (κ3) is 4.31. The summed E-state index contributed by atoms with van der Waals surface area (Å²) in [4.78, 5) is 10.5. The molecule has 2 heterocycles. The van der Waals surface area contributed by atoms with Gasteiger partial charge in [-0.05, 0) is 61.5 Å². The van der Waals surface area contributed by atoms with Crippen molar-refractivity contribution in [2.24, 2.45) is 0 Å². The van der Waals surface area contributed by atoms with Gasteiger partial charge in [0.1, 0.15) is 12.1 Å². The fourth-order valence-corrected chi connectivity index (χ4v) is 4.52. The number of anilines is 4. The van der Waals surface area contributed by atoms with Gasteiger partial charge >= 0.3 is 0 Å². The van der Waals surface area contributed by atoms with Crippen molar-refractivity contribution in [2.75, 3.05) is 16.4 Å². The van der Waals surface area contributed by atoms with E-state index in [2.05, 4.69) is 14.7 Å². The topological polar surface area (TPSA) is 93.7 Å². The van der Waals surface area contributed by atoms with Crippen LogP contribution in [0.15, 0.2) is 90.2 Å². The van der Waals surface area contributed by atoms with E-state index in [9.17, 15) is 8.42 Å². The Balaban J connectivity index is 1.46. The van der Waals surface area contributed by atoms with E-state index >= 15 is 0 Å². The maximum atomic E-state index is 12.7. The highest BCUT2D eigenvalue weighted by Gasteiger charge is 2.20. The molecule has 0 saturated carbocycles. The summed E-state index contributed by atoms with van der Waals surface area (Å²) in [5, 5.41) is 0. The smallest absolute Gasteiger partial charge is 0.261 e. The first-order valence-electron chi connectivity index (χ1n) is 10.1. The molecule has 1 aliphatic heterocycles. The fourth-order valence-electron chi connectivity index (χ4n) is 3.46. The molecule has 33 heavy (non-hydrogen) atoms. The molecule has 8 nitrogen and oxygen atoms in total. The van der Waals surface area contributed by atoms with Crippen molar-refractivity contribution in [3.8, 4) is 11.5 Å². The highest BCUT2D eigenvalue weighted by Crippen LogP contribution is 2.40. The van der Waals surface area contributed by atoms with Gasteiger partial charge in [0.05, 0.1) is 10.6 Å². The van der Waals surface area contributed by atoms with Gasteiger partial charge in [0.15, 0.2) is 11.5 Å². The molecule has 0 atom stereocenters. The standard InChI is InChI=1S/C24H20N4O4S/c1-17-2-9-21(10-3-17)33(29,30)27-18-4-6-19(7-5-18)28(24-12-13-25-15-26-24)20-8-11-22-23(14-20)32-16-31-22/h2-15,27H,16H2,1H3. The SMILES string of the molecule is Cc1ccc(S(=O)(=O)Nc2ccc(N(c3ccc4c(c3)OCO4)c3ccncn3)cc2)cc1. The zero-order valence-electron chi connectivity index (χ0n) is 17.7. The third-order valence-corrected chi connectivity index (χ3v) is 6.52. The van der Waals surface area contributed by atoms with Crippen LogP contribution >= 0.6 is 0 Å². The number of nitrogens with zero attached hydrogens (tertiary/aromatic N) is 3. The lowest BCUT2D eigenvalue weighted by molar-refractivity contribution is 0.174. The maximum absolute atomic E-state index is 12.7. The molecule has 0 bridgehead atoms. The molecule has 5 rings (SSSR count). The molecule has 0 aliphatic carbocycles. The molecular formula is C24H20N4O4S. The average Bonchev–Trinajstić information content (AvgIpc) is 3.29. The van der Waals surface area contributed by atoms with Crippen LogP contribution in [0.4, 0.5) is 22.9 Å². The lowest BCUT2D eigenvalue weighted by Gasteiger charge is -2.24. The van der Waals surface area contributed by atoms with Gasteiger partial charge in [-0.25, -0.2) is 18.4 Å². The summed E-state index contributed by atoms with van der Waals surface area (Å²) in [6.45, 7) is 2.09. The van der Waals surface area contributed by atoms with Crippen LogP contribution in [0, 0.1) is 6.92 Å². The second-order valence-electron chi connectivity index (χ2n) is 7.41. The van der Waals surface area contributed by atoms with Gasteiger partial charge in [-0.15, -0.1) is 0 Å². The van der Waals surface area contributed by atoms with Gasteiger partial charge in [0.25, 0.3) is 10.0 Å². The molecule has 0 spiro atoms. The Kier molecular flexibility index (Phi) is 5.31. The number of ether oxygens (including phenoxy) is 2. The minimum Gasteiger partial charge on any atom is -0.454 e. The quantitative estimate of drug-likeness (QED) is 0.442. The number of rotatable bonds is 6. The Morgan fingerprint density at radius 2 is 1.61 bits per heavy atom. The van der Waals surface area contributed by atoms with Gasteiger partial charge in [-0.1, -0.05) is 17.7 Å². The molecule has 166 valence electrons. The highest BCUT2D eigenvalue weighted by atomic mass is 32.2. The maximum Gasteiger partial charge on any atom is 0.261 e. The van der Waals surface area contributed by atoms with Crippen molar-refractivity contribution in [3.05, 3.63) is 90.9 Å². The monoisotopic (exact) mass is 460 g/mol. The van der Waals surface area contributed by atoms with Crippen LogP contribution in [-0.4, -0.2) is 25.2 Å². The number of aromatic nitrogens is 2. The molecule has 4 aromatic rings. The van der Waals surface area contributed by atoms with Crippen LogP contribution in [0.25, 0.3) is 0 Å². The normalized spacial score (nSPS) is 12.4. The largest absolute Gasteiger partial charge is 0.454 e. The lowest BCUT2D eigenvalue weighted by atomic mass is 10.2. The van der Waals surface area contributed by atoms with Crippen LogP contribution in [0.3, 0.4) is 0 Å². The zero-order chi connectivity index (χ0) is 22.8. The molecule has 1 aromatic heterocycles. The van der Waals surface area contributed by atoms with Crippen LogP contribution in [-0.2, 0) is 10.0 Å². The van der Waals surface area contributed by atoms with E-state index in [4.69, 9.17) is 9.47 Å². The molecule has 9 heteroatoms. The summed E-state index contributed by atoms with van der Waals surface area (Å²) in [5.74, 6) is 1.98. The van der Waals surface area contributed by atoms with Crippen molar-refractivity contribution < 1.29 is 17.9 Å². The molecule has 1 aliphatic rings. The summed E-state index contributed by atoms with van der Waals surface area (Å²) >= 11 is 0. The number of hydrogen-bond donors (Lipinski definition) is 1. The minimum atomic E-state index is -3.69. The Morgan fingerprint density at radius 3 is 2.33 bits per heavy atom. The average molecular weight is 461 g/mol. The fraction of sp³-hybridized carbons (Fsp3) is 0.0833. The summed E-state index contributed by atoms with van der Waals surface area (Å²) in [7, 11) is -3.69. The third-order valence-electron chi connectivity index (χ3n) is 5.12. The van der Waals surface area contributed by atoms with Crippen molar-refractivity contribution >= 4 is 32.9 Å². The summed E-state index contributed by atoms with van der Waals surface area (Å²) < 4.78 is 39.0. The molecule has 0 amide bonds. The molecule has 1 N–H and O–H groups in total. The van der Waals surface area contributed by atoms with E-state index in [-0.39, 0.29) is 11.7 Å². The van der Waals surface area contributed by atoms with Crippen molar-refractivity contribution in [3.63, 3.8) is 0 Å². The summed E-state index contributed by atoms with van der Waals surface area (Å²) in [6.07, 6.45) is 3.13. The lowest BCUT2D eigenvalue weighted by Crippen LogP contribution is -2.14. The number of hydrogen-bond acceptors (Lipinski definition) is 7. The van der Waals surface area contributed by atoms with E-state index in [0.717, 1.165) is 16.9 Å². The van der Waals surface area contributed by atoms with E-state index in [0.29, 0.717) is 23.0 Å². The predicted octanol–water partition coefficient (Wildman–Crippen LogP) is 4.78. The van der Waals surface area contributed by atoms with Crippen molar-refractivity contribution in [1.82, 2.24) is 9.97 Å². The van der Waals surface area contributed by atoms with Crippen LogP contribution in [0.5, 0.6) is 11.5 Å². The molecular weight excluding hydrogens is 440 g/mol. The molecule has 0 radical (unpaired) electrons. The van der Waals surface area contributed by atoms with Crippen molar-refractivity contribution in [1.29, 1.82) is 0 Å². The van der Waals surface area contributed by atoms with Gasteiger partial charge < -0.3 is 9.47 Å². The first kappa shape index (κ1) is 20.8. The highest BCUT2D eigenvalue weighted by molar-refractivity contribution is 7.92. The Labute approximate surface area is 191 Å². The van der Waals surface area contributed by atoms with Gasteiger partial charge in [0.2, 0.25) is 6.79 Å². The second kappa shape index (κ2) is 8.44.